The van der Waals surface area contributed by atoms with Crippen molar-refractivity contribution < 1.29 is 0 Å². The molecule has 0 aliphatic heterocycles. The van der Waals surface area contributed by atoms with Gasteiger partial charge in [-0.15, -0.1) is 11.3 Å². The molecule has 0 aliphatic rings. The smallest absolute Gasteiger partial charge is 0.166 e. The van der Waals surface area contributed by atoms with Crippen LogP contribution in [-0.4, -0.2) is 14.5 Å². The van der Waals surface area contributed by atoms with Crippen LogP contribution < -0.4 is 0 Å². The third kappa shape index (κ3) is 3.28. The van der Waals surface area contributed by atoms with E-state index in [2.05, 4.69) is 132 Å². The molecular formula is C34H21N3S. The quantitative estimate of drug-likeness (QED) is 0.240. The van der Waals surface area contributed by atoms with Gasteiger partial charge in [-0.1, -0.05) is 97.1 Å². The molecule has 0 N–H and O–H groups in total. The molecule has 3 heterocycles. The highest BCUT2D eigenvalue weighted by molar-refractivity contribution is 7.25. The number of para-hydroxylation sites is 1. The number of nitrogens with zero attached hydrogens (tertiary/aromatic N) is 3. The SMILES string of the molecule is c1ccc(-c2cc(-c3ccccc3)cc(-n3c4ccccc4c4nc5c(nc43)sc3ccccc35)c2)cc1. The van der Waals surface area contributed by atoms with E-state index in [9.17, 15) is 0 Å². The number of benzene rings is 5. The van der Waals surface area contributed by atoms with Crippen molar-refractivity contribution >= 4 is 53.8 Å². The third-order valence-corrected chi connectivity index (χ3v) is 8.25. The molecule has 0 saturated heterocycles. The maximum atomic E-state index is 5.25. The Morgan fingerprint density at radius 1 is 0.500 bits per heavy atom. The van der Waals surface area contributed by atoms with E-state index in [1.807, 2.05) is 0 Å². The van der Waals surface area contributed by atoms with Gasteiger partial charge in [-0.25, -0.2) is 9.97 Å². The Kier molecular flexibility index (Phi) is 4.69. The number of fused-ring (bicyclic) bond motifs is 6. The molecule has 8 aromatic rings. The van der Waals surface area contributed by atoms with E-state index >= 15 is 0 Å². The second-order valence-electron chi connectivity index (χ2n) is 9.50. The van der Waals surface area contributed by atoms with Gasteiger partial charge in [-0.2, -0.15) is 0 Å². The zero-order valence-electron chi connectivity index (χ0n) is 20.4. The van der Waals surface area contributed by atoms with Gasteiger partial charge in [0.2, 0.25) is 0 Å². The van der Waals surface area contributed by atoms with Crippen molar-refractivity contribution in [2.45, 2.75) is 0 Å². The lowest BCUT2D eigenvalue weighted by Crippen LogP contribution is -1.97. The van der Waals surface area contributed by atoms with E-state index in [1.165, 1.54) is 27.0 Å². The van der Waals surface area contributed by atoms with Crippen molar-refractivity contribution in [1.29, 1.82) is 0 Å². The summed E-state index contributed by atoms with van der Waals surface area (Å²) >= 11 is 1.70. The van der Waals surface area contributed by atoms with Crippen molar-refractivity contribution in [3.8, 4) is 27.9 Å². The van der Waals surface area contributed by atoms with Crippen molar-refractivity contribution in [2.75, 3.05) is 0 Å². The summed E-state index contributed by atoms with van der Waals surface area (Å²) in [5.74, 6) is 0. The van der Waals surface area contributed by atoms with Crippen LogP contribution in [0.4, 0.5) is 0 Å². The van der Waals surface area contributed by atoms with Gasteiger partial charge in [-0.05, 0) is 52.6 Å². The maximum absolute atomic E-state index is 5.25. The normalized spacial score (nSPS) is 11.7. The van der Waals surface area contributed by atoms with Crippen LogP contribution >= 0.6 is 11.3 Å². The molecule has 0 atom stereocenters. The number of rotatable bonds is 3. The Labute approximate surface area is 223 Å². The molecule has 0 saturated carbocycles. The fourth-order valence-corrected chi connectivity index (χ4v) is 6.44. The van der Waals surface area contributed by atoms with E-state index in [0.717, 1.165) is 43.5 Å². The Hall–Kier alpha value is -4.80. The molecule has 0 amide bonds. The van der Waals surface area contributed by atoms with Crippen molar-refractivity contribution in [3.05, 3.63) is 127 Å². The lowest BCUT2D eigenvalue weighted by atomic mass is 9.98. The van der Waals surface area contributed by atoms with Gasteiger partial charge in [0.1, 0.15) is 15.9 Å². The van der Waals surface area contributed by atoms with Crippen LogP contribution in [0.2, 0.25) is 0 Å². The maximum Gasteiger partial charge on any atom is 0.166 e. The standard InChI is InChI=1S/C34H21N3S/c1-3-11-22(12-4-1)24-19-25(23-13-5-2-6-14-23)21-26(20-24)37-29-17-9-7-15-27(29)31-33(37)36-34-32(35-31)28-16-8-10-18-30(28)38-34/h1-21H. The average Bonchev–Trinajstić information content (AvgIpc) is 3.51. The minimum Gasteiger partial charge on any atom is -0.292 e. The minimum atomic E-state index is 0.884. The number of aromatic nitrogens is 3. The van der Waals surface area contributed by atoms with Crippen LogP contribution in [0.25, 0.3) is 70.4 Å². The molecule has 3 nitrogen and oxygen atoms in total. The van der Waals surface area contributed by atoms with Crippen LogP contribution in [0.3, 0.4) is 0 Å². The van der Waals surface area contributed by atoms with Gasteiger partial charge in [-0.3, -0.25) is 4.57 Å². The zero-order valence-corrected chi connectivity index (χ0v) is 21.2. The molecule has 0 spiro atoms. The van der Waals surface area contributed by atoms with Gasteiger partial charge in [0.05, 0.1) is 5.52 Å². The second kappa shape index (κ2) is 8.37. The van der Waals surface area contributed by atoms with Crippen LogP contribution in [0, 0.1) is 0 Å². The van der Waals surface area contributed by atoms with E-state index in [0.29, 0.717) is 0 Å². The van der Waals surface area contributed by atoms with E-state index in [4.69, 9.17) is 9.97 Å². The molecule has 0 aliphatic carbocycles. The van der Waals surface area contributed by atoms with E-state index < -0.39 is 0 Å². The molecule has 4 heteroatoms. The zero-order chi connectivity index (χ0) is 25.1. The molecule has 178 valence electrons. The molecule has 38 heavy (non-hydrogen) atoms. The summed E-state index contributed by atoms with van der Waals surface area (Å²) in [6, 6.07) is 44.9. The Balaban J connectivity index is 1.48. The summed E-state index contributed by atoms with van der Waals surface area (Å²) in [7, 11) is 0. The highest BCUT2D eigenvalue weighted by Crippen LogP contribution is 2.38. The highest BCUT2D eigenvalue weighted by Gasteiger charge is 2.19. The lowest BCUT2D eigenvalue weighted by molar-refractivity contribution is 1.14. The molecule has 8 rings (SSSR count). The molecular weight excluding hydrogens is 482 g/mol. The Morgan fingerprint density at radius 3 is 1.82 bits per heavy atom. The summed E-state index contributed by atoms with van der Waals surface area (Å²) in [6.45, 7) is 0. The molecule has 0 bridgehead atoms. The van der Waals surface area contributed by atoms with Gasteiger partial charge in [0.15, 0.2) is 5.65 Å². The second-order valence-corrected chi connectivity index (χ2v) is 10.5. The first-order chi connectivity index (χ1) is 18.8. The molecule has 0 fully saturated rings. The van der Waals surface area contributed by atoms with E-state index in [-0.39, 0.29) is 0 Å². The molecule has 3 aromatic heterocycles. The summed E-state index contributed by atoms with van der Waals surface area (Å²) in [5.41, 5.74) is 9.68. The van der Waals surface area contributed by atoms with Crippen molar-refractivity contribution in [3.63, 3.8) is 0 Å². The van der Waals surface area contributed by atoms with Gasteiger partial charge >= 0.3 is 0 Å². The van der Waals surface area contributed by atoms with Gasteiger partial charge < -0.3 is 0 Å². The summed E-state index contributed by atoms with van der Waals surface area (Å²) in [6.07, 6.45) is 0. The lowest BCUT2D eigenvalue weighted by Gasteiger charge is -2.13. The van der Waals surface area contributed by atoms with Gasteiger partial charge in [0.25, 0.3) is 0 Å². The van der Waals surface area contributed by atoms with Crippen LogP contribution in [-0.2, 0) is 0 Å². The summed E-state index contributed by atoms with van der Waals surface area (Å²) < 4.78 is 3.49. The first-order valence-corrected chi connectivity index (χ1v) is 13.5. The monoisotopic (exact) mass is 503 g/mol. The summed E-state index contributed by atoms with van der Waals surface area (Å²) in [5, 5.41) is 2.27. The van der Waals surface area contributed by atoms with Gasteiger partial charge in [0, 0.05) is 21.2 Å². The van der Waals surface area contributed by atoms with E-state index in [1.54, 1.807) is 11.3 Å². The topological polar surface area (TPSA) is 30.7 Å². The predicted octanol–water partition coefficient (Wildman–Crippen LogP) is 9.28. The molecule has 5 aromatic carbocycles. The number of thiophene rings is 1. The van der Waals surface area contributed by atoms with Crippen LogP contribution in [0.1, 0.15) is 0 Å². The molecule has 0 radical (unpaired) electrons. The fraction of sp³-hybridized carbons (Fsp3) is 0. The largest absolute Gasteiger partial charge is 0.292 e. The average molecular weight is 504 g/mol. The predicted molar refractivity (Wildman–Crippen MR) is 160 cm³/mol. The number of hydrogen-bond donors (Lipinski definition) is 0. The Bertz CT molecular complexity index is 2070. The van der Waals surface area contributed by atoms with Crippen molar-refractivity contribution in [1.82, 2.24) is 14.5 Å². The first kappa shape index (κ1) is 21.3. The number of hydrogen-bond acceptors (Lipinski definition) is 3. The van der Waals surface area contributed by atoms with Crippen molar-refractivity contribution in [2.24, 2.45) is 0 Å². The third-order valence-electron chi connectivity index (χ3n) is 7.20. The fourth-order valence-electron chi connectivity index (χ4n) is 5.43. The van der Waals surface area contributed by atoms with Crippen LogP contribution in [0.5, 0.6) is 0 Å². The minimum absolute atomic E-state index is 0.884. The highest BCUT2D eigenvalue weighted by atomic mass is 32.1. The first-order valence-electron chi connectivity index (χ1n) is 12.7. The summed E-state index contributed by atoms with van der Waals surface area (Å²) in [4.78, 5) is 11.4. The Morgan fingerprint density at radius 2 is 1.11 bits per heavy atom. The van der Waals surface area contributed by atoms with Crippen LogP contribution in [0.15, 0.2) is 127 Å². The molecule has 0 unspecified atom stereocenters.